The van der Waals surface area contributed by atoms with Crippen LogP contribution in [0.3, 0.4) is 0 Å². The monoisotopic (exact) mass is 593 g/mol. The minimum Gasteiger partial charge on any atom is -0.351 e. The van der Waals surface area contributed by atoms with Crippen molar-refractivity contribution in [2.45, 2.75) is 38.1 Å². The fourth-order valence-electron chi connectivity index (χ4n) is 6.63. The van der Waals surface area contributed by atoms with Crippen LogP contribution in [-0.4, -0.2) is 52.5 Å². The Bertz CT molecular complexity index is 1970. The first-order chi connectivity index (χ1) is 22.0. The van der Waals surface area contributed by atoms with Gasteiger partial charge >= 0.3 is 0 Å². The molecule has 0 spiro atoms. The molecule has 4 aromatic carbocycles. The van der Waals surface area contributed by atoms with Crippen LogP contribution in [-0.2, 0) is 0 Å². The normalized spacial score (nSPS) is 13.9. The van der Waals surface area contributed by atoms with Crippen LogP contribution in [0.1, 0.15) is 48.5 Å². The van der Waals surface area contributed by atoms with Gasteiger partial charge in [0.05, 0.1) is 22.2 Å². The number of likely N-dealkylation sites (N-methyl/N-ethyl adjacent to an activating group) is 1. The number of benzene rings is 4. The Morgan fingerprint density at radius 3 is 2.40 bits per heavy atom. The number of nitrogens with one attached hydrogen (secondary N) is 1. The van der Waals surface area contributed by atoms with Crippen molar-refractivity contribution in [1.29, 1.82) is 0 Å². The Balaban J connectivity index is 1.28. The molecule has 226 valence electrons. The molecule has 0 radical (unpaired) electrons. The van der Waals surface area contributed by atoms with Crippen LogP contribution >= 0.6 is 0 Å². The summed E-state index contributed by atoms with van der Waals surface area (Å²) in [6.45, 7) is 1.37. The Labute approximate surface area is 264 Å². The highest BCUT2D eigenvalue weighted by Gasteiger charge is 2.22. The number of rotatable bonds is 8. The molecule has 0 aliphatic heterocycles. The van der Waals surface area contributed by atoms with E-state index in [1.165, 1.54) is 37.6 Å². The van der Waals surface area contributed by atoms with Gasteiger partial charge in [-0.25, -0.2) is 9.97 Å². The lowest BCUT2D eigenvalue weighted by atomic mass is 9.94. The van der Waals surface area contributed by atoms with Gasteiger partial charge in [0.15, 0.2) is 0 Å². The third-order valence-electron chi connectivity index (χ3n) is 8.97. The highest BCUT2D eigenvalue weighted by molar-refractivity contribution is 5.98. The van der Waals surface area contributed by atoms with Crippen molar-refractivity contribution in [3.05, 3.63) is 109 Å². The van der Waals surface area contributed by atoms with Gasteiger partial charge in [-0.05, 0) is 86.6 Å². The fraction of sp³-hybridized carbons (Fsp3) is 0.256. The third-order valence-corrected chi connectivity index (χ3v) is 8.97. The molecule has 0 atom stereocenters. The van der Waals surface area contributed by atoms with E-state index in [-0.39, 0.29) is 5.91 Å². The van der Waals surface area contributed by atoms with E-state index in [1.54, 1.807) is 0 Å². The molecular formula is C39H39N5O. The summed E-state index contributed by atoms with van der Waals surface area (Å²) in [5.74, 6) is 0.956. The van der Waals surface area contributed by atoms with E-state index in [2.05, 4.69) is 81.5 Å². The summed E-state index contributed by atoms with van der Waals surface area (Å²) in [6, 6.07) is 35.9. The van der Waals surface area contributed by atoms with E-state index >= 15 is 0 Å². The Morgan fingerprint density at radius 1 is 0.778 bits per heavy atom. The maximum absolute atomic E-state index is 13.1. The van der Waals surface area contributed by atoms with E-state index < -0.39 is 0 Å². The number of carbonyl (C=O) groups is 1. The van der Waals surface area contributed by atoms with Crippen molar-refractivity contribution >= 4 is 27.8 Å². The number of aromatic nitrogens is 3. The fourth-order valence-corrected chi connectivity index (χ4v) is 6.63. The first-order valence-corrected chi connectivity index (χ1v) is 16.1. The highest BCUT2D eigenvalue weighted by Crippen LogP contribution is 2.37. The van der Waals surface area contributed by atoms with Crippen molar-refractivity contribution < 1.29 is 4.79 Å². The number of nitrogens with zero attached hydrogens (tertiary/aromatic N) is 4. The number of imidazole rings is 1. The maximum Gasteiger partial charge on any atom is 0.251 e. The second kappa shape index (κ2) is 12.7. The Hall–Kier alpha value is -4.81. The highest BCUT2D eigenvalue weighted by atomic mass is 16.1. The third kappa shape index (κ3) is 5.98. The summed E-state index contributed by atoms with van der Waals surface area (Å²) in [6.07, 6.45) is 6.25. The molecule has 0 bridgehead atoms. The summed E-state index contributed by atoms with van der Waals surface area (Å²) in [4.78, 5) is 25.4. The molecule has 1 saturated carbocycles. The average molecular weight is 594 g/mol. The zero-order valence-corrected chi connectivity index (χ0v) is 26.0. The van der Waals surface area contributed by atoms with Crippen molar-refractivity contribution in [3.8, 4) is 33.8 Å². The lowest BCUT2D eigenvalue weighted by molar-refractivity contribution is 0.0951. The molecule has 45 heavy (non-hydrogen) atoms. The van der Waals surface area contributed by atoms with Gasteiger partial charge in [-0.2, -0.15) is 0 Å². The van der Waals surface area contributed by atoms with Crippen LogP contribution < -0.4 is 5.32 Å². The summed E-state index contributed by atoms with van der Waals surface area (Å²) in [5.41, 5.74) is 8.82. The van der Waals surface area contributed by atoms with E-state index in [1.807, 2.05) is 50.5 Å². The minimum atomic E-state index is -0.0796. The Morgan fingerprint density at radius 2 is 1.58 bits per heavy atom. The molecule has 1 amide bonds. The summed E-state index contributed by atoms with van der Waals surface area (Å²) < 4.78 is 2.48. The van der Waals surface area contributed by atoms with E-state index in [9.17, 15) is 4.79 Å². The molecule has 6 nitrogen and oxygen atoms in total. The maximum atomic E-state index is 13.1. The van der Waals surface area contributed by atoms with Crippen LogP contribution in [0.2, 0.25) is 0 Å². The van der Waals surface area contributed by atoms with E-state index in [4.69, 9.17) is 9.97 Å². The number of carbonyl (C=O) groups excluding carboxylic acids is 1. The first-order valence-electron chi connectivity index (χ1n) is 16.1. The van der Waals surface area contributed by atoms with Crippen LogP contribution in [0, 0.1) is 0 Å². The van der Waals surface area contributed by atoms with Gasteiger partial charge in [0.25, 0.3) is 5.91 Å². The molecule has 0 saturated heterocycles. The van der Waals surface area contributed by atoms with Gasteiger partial charge in [0, 0.05) is 41.2 Å². The van der Waals surface area contributed by atoms with Crippen molar-refractivity contribution in [2.75, 3.05) is 27.2 Å². The molecule has 2 aromatic heterocycles. The van der Waals surface area contributed by atoms with Crippen LogP contribution in [0.5, 0.6) is 0 Å². The van der Waals surface area contributed by atoms with Gasteiger partial charge in [-0.3, -0.25) is 4.79 Å². The Kier molecular flexibility index (Phi) is 8.14. The van der Waals surface area contributed by atoms with E-state index in [0.717, 1.165) is 56.7 Å². The summed E-state index contributed by atoms with van der Waals surface area (Å²) in [5, 5.41) is 4.12. The van der Waals surface area contributed by atoms with Crippen LogP contribution in [0.15, 0.2) is 103 Å². The number of fused-ring (bicyclic) bond motifs is 2. The number of hydrogen-bond acceptors (Lipinski definition) is 4. The quantitative estimate of drug-likeness (QED) is 0.193. The number of amides is 1. The van der Waals surface area contributed by atoms with E-state index in [0.29, 0.717) is 18.2 Å². The zero-order chi connectivity index (χ0) is 30.8. The van der Waals surface area contributed by atoms with Gasteiger partial charge in [0.2, 0.25) is 0 Å². The van der Waals surface area contributed by atoms with Gasteiger partial charge in [-0.15, -0.1) is 0 Å². The predicted octanol–water partition coefficient (Wildman–Crippen LogP) is 8.38. The molecule has 6 aromatic rings. The largest absolute Gasteiger partial charge is 0.351 e. The second-order valence-corrected chi connectivity index (χ2v) is 12.4. The minimum absolute atomic E-state index is 0.0796. The SMILES string of the molecule is CN(C)CCNC(=O)c1ccc(-c2ccccc2)c(-c2ccc3cc(-c4nc5ccccc5n4C4CCCCC4)ccc3n2)c1. The zero-order valence-electron chi connectivity index (χ0n) is 26.0. The van der Waals surface area contributed by atoms with Crippen molar-refractivity contribution in [2.24, 2.45) is 0 Å². The molecule has 1 aliphatic rings. The standard InChI is InChI=1S/C39H39N5O/c1-43(2)24-23-40-39(45)30-17-20-32(27-11-5-3-6-12-27)33(26-30)35-22-18-28-25-29(19-21-34(28)41-35)38-42-36-15-9-10-16-37(36)44(38)31-13-7-4-8-14-31/h3,5-6,9-12,15-22,25-26,31H,4,7-8,13-14,23-24H2,1-2H3,(H,40,45). The topological polar surface area (TPSA) is 63.1 Å². The smallest absolute Gasteiger partial charge is 0.251 e. The molecule has 7 rings (SSSR count). The first kappa shape index (κ1) is 28.9. The van der Waals surface area contributed by atoms with Crippen LogP contribution in [0.4, 0.5) is 0 Å². The van der Waals surface area contributed by atoms with Gasteiger partial charge < -0.3 is 14.8 Å². The lowest BCUT2D eigenvalue weighted by Gasteiger charge is -2.25. The average Bonchev–Trinajstić information content (AvgIpc) is 3.48. The molecule has 1 N–H and O–H groups in total. The van der Waals surface area contributed by atoms with Gasteiger partial charge in [0.1, 0.15) is 5.82 Å². The molecule has 1 fully saturated rings. The summed E-state index contributed by atoms with van der Waals surface area (Å²) >= 11 is 0. The molecule has 6 heteroatoms. The van der Waals surface area contributed by atoms with Crippen molar-refractivity contribution in [1.82, 2.24) is 24.8 Å². The van der Waals surface area contributed by atoms with Gasteiger partial charge in [-0.1, -0.05) is 73.9 Å². The second-order valence-electron chi connectivity index (χ2n) is 12.4. The van der Waals surface area contributed by atoms with Crippen LogP contribution in [0.25, 0.3) is 55.7 Å². The summed E-state index contributed by atoms with van der Waals surface area (Å²) in [7, 11) is 4.00. The number of para-hydroxylation sites is 2. The number of pyridine rings is 1. The molecule has 1 aliphatic carbocycles. The molecule has 2 heterocycles. The molecule has 0 unspecified atom stereocenters. The molecular weight excluding hydrogens is 554 g/mol. The number of hydrogen-bond donors (Lipinski definition) is 1. The van der Waals surface area contributed by atoms with Crippen molar-refractivity contribution in [3.63, 3.8) is 0 Å². The lowest BCUT2D eigenvalue weighted by Crippen LogP contribution is -2.31. The predicted molar refractivity (Wildman–Crippen MR) is 184 cm³/mol.